The van der Waals surface area contributed by atoms with Crippen LogP contribution in [0, 0.1) is 6.92 Å². The number of ether oxygens (including phenoxy) is 2. The molecule has 0 bridgehead atoms. The Hall–Kier alpha value is -2.03. The number of esters is 1. The van der Waals surface area contributed by atoms with Gasteiger partial charge in [-0.1, -0.05) is 12.1 Å². The molecule has 0 unspecified atom stereocenters. The van der Waals surface area contributed by atoms with Gasteiger partial charge in [0.1, 0.15) is 5.75 Å². The molecule has 3 heteroatoms. The van der Waals surface area contributed by atoms with Gasteiger partial charge in [0.2, 0.25) is 0 Å². The first kappa shape index (κ1) is 11.5. The lowest BCUT2D eigenvalue weighted by Crippen LogP contribution is -2.00. The van der Waals surface area contributed by atoms with Crippen molar-refractivity contribution in [2.75, 3.05) is 14.2 Å². The number of rotatable bonds is 2. The summed E-state index contributed by atoms with van der Waals surface area (Å²) >= 11 is 0. The lowest BCUT2D eigenvalue weighted by Gasteiger charge is -2.09. The summed E-state index contributed by atoms with van der Waals surface area (Å²) in [5.41, 5.74) is 1.63. The first-order valence-corrected chi connectivity index (χ1v) is 5.33. The van der Waals surface area contributed by atoms with Crippen LogP contribution in [0.5, 0.6) is 5.75 Å². The molecule has 0 aliphatic rings. The van der Waals surface area contributed by atoms with E-state index in [2.05, 4.69) is 0 Å². The Balaban J connectivity index is 2.61. The van der Waals surface area contributed by atoms with Crippen LogP contribution in [0.15, 0.2) is 30.3 Å². The van der Waals surface area contributed by atoms with Crippen molar-refractivity contribution in [3.63, 3.8) is 0 Å². The Morgan fingerprint density at radius 2 is 1.88 bits per heavy atom. The van der Waals surface area contributed by atoms with Gasteiger partial charge in [0.15, 0.2) is 0 Å². The summed E-state index contributed by atoms with van der Waals surface area (Å²) in [6, 6.07) is 9.35. The maximum atomic E-state index is 11.4. The number of carbonyl (C=O) groups excluding carboxylic acids is 1. The van der Waals surface area contributed by atoms with Crippen LogP contribution in [0.4, 0.5) is 0 Å². The predicted octanol–water partition coefficient (Wildman–Crippen LogP) is 2.94. The smallest absolute Gasteiger partial charge is 0.337 e. The molecular formula is C14H14O3. The van der Waals surface area contributed by atoms with Crippen LogP contribution in [-0.2, 0) is 4.74 Å². The van der Waals surface area contributed by atoms with Gasteiger partial charge >= 0.3 is 5.97 Å². The molecule has 17 heavy (non-hydrogen) atoms. The zero-order valence-corrected chi connectivity index (χ0v) is 10.1. The Morgan fingerprint density at radius 1 is 1.12 bits per heavy atom. The highest BCUT2D eigenvalue weighted by Gasteiger charge is 2.08. The molecule has 0 spiro atoms. The third-order valence-electron chi connectivity index (χ3n) is 2.88. The minimum atomic E-state index is -0.319. The van der Waals surface area contributed by atoms with E-state index in [-0.39, 0.29) is 5.97 Å². The average molecular weight is 230 g/mol. The molecule has 0 amide bonds. The second-order valence-corrected chi connectivity index (χ2v) is 3.82. The van der Waals surface area contributed by atoms with E-state index in [1.807, 2.05) is 31.2 Å². The van der Waals surface area contributed by atoms with Crippen LogP contribution in [-0.4, -0.2) is 20.2 Å². The lowest BCUT2D eigenvalue weighted by atomic mass is 10.0. The maximum absolute atomic E-state index is 11.4. The van der Waals surface area contributed by atoms with Crippen LogP contribution in [0.3, 0.4) is 0 Å². The van der Waals surface area contributed by atoms with Gasteiger partial charge < -0.3 is 9.47 Å². The van der Waals surface area contributed by atoms with Crippen molar-refractivity contribution >= 4 is 16.7 Å². The van der Waals surface area contributed by atoms with Gasteiger partial charge in [-0.05, 0) is 41.5 Å². The number of aryl methyl sites for hydroxylation is 1. The summed E-state index contributed by atoms with van der Waals surface area (Å²) in [5.74, 6) is 0.531. The predicted molar refractivity (Wildman–Crippen MR) is 66.6 cm³/mol. The molecule has 0 fully saturated rings. The van der Waals surface area contributed by atoms with E-state index in [0.29, 0.717) is 5.56 Å². The third-order valence-corrected chi connectivity index (χ3v) is 2.88. The first-order valence-electron chi connectivity index (χ1n) is 5.33. The molecule has 2 rings (SSSR count). The second kappa shape index (κ2) is 4.45. The molecule has 0 saturated carbocycles. The van der Waals surface area contributed by atoms with E-state index < -0.39 is 0 Å². The van der Waals surface area contributed by atoms with Crippen molar-refractivity contribution in [1.29, 1.82) is 0 Å². The van der Waals surface area contributed by atoms with Gasteiger partial charge in [0, 0.05) is 0 Å². The molecular weight excluding hydrogens is 216 g/mol. The van der Waals surface area contributed by atoms with Crippen molar-refractivity contribution in [2.45, 2.75) is 6.92 Å². The van der Waals surface area contributed by atoms with Gasteiger partial charge in [0.25, 0.3) is 0 Å². The Kier molecular flexibility index (Phi) is 3.00. The van der Waals surface area contributed by atoms with E-state index in [1.165, 1.54) is 7.11 Å². The molecule has 3 nitrogen and oxygen atoms in total. The summed E-state index contributed by atoms with van der Waals surface area (Å²) in [5, 5.41) is 2.09. The molecule has 88 valence electrons. The van der Waals surface area contributed by atoms with Crippen LogP contribution in [0.25, 0.3) is 10.8 Å². The molecule has 0 saturated heterocycles. The Bertz CT molecular complexity index is 573. The summed E-state index contributed by atoms with van der Waals surface area (Å²) in [4.78, 5) is 11.4. The molecule has 0 atom stereocenters. The van der Waals surface area contributed by atoms with Crippen LogP contribution in [0.2, 0.25) is 0 Å². The maximum Gasteiger partial charge on any atom is 0.337 e. The minimum Gasteiger partial charge on any atom is -0.496 e. The summed E-state index contributed by atoms with van der Waals surface area (Å²) in [6.45, 7) is 2.00. The van der Waals surface area contributed by atoms with E-state index in [0.717, 1.165) is 22.1 Å². The fraction of sp³-hybridized carbons (Fsp3) is 0.214. The second-order valence-electron chi connectivity index (χ2n) is 3.82. The van der Waals surface area contributed by atoms with Gasteiger partial charge in [-0.3, -0.25) is 0 Å². The SMILES string of the molecule is COC(=O)c1ccc2c(C)c(OC)ccc2c1. The lowest BCUT2D eigenvalue weighted by molar-refractivity contribution is 0.0601. The van der Waals surface area contributed by atoms with E-state index in [9.17, 15) is 4.79 Å². The Labute approximate surface area is 100.0 Å². The average Bonchev–Trinajstić information content (AvgIpc) is 2.38. The van der Waals surface area contributed by atoms with Crippen LogP contribution < -0.4 is 4.74 Å². The third kappa shape index (κ3) is 1.96. The van der Waals surface area contributed by atoms with E-state index >= 15 is 0 Å². The monoisotopic (exact) mass is 230 g/mol. The van der Waals surface area contributed by atoms with E-state index in [1.54, 1.807) is 13.2 Å². The molecule has 0 heterocycles. The molecule has 0 aliphatic carbocycles. The topological polar surface area (TPSA) is 35.5 Å². The highest BCUT2D eigenvalue weighted by atomic mass is 16.5. The number of hydrogen-bond donors (Lipinski definition) is 0. The zero-order valence-electron chi connectivity index (χ0n) is 10.1. The largest absolute Gasteiger partial charge is 0.496 e. The normalized spacial score (nSPS) is 10.3. The molecule has 2 aromatic carbocycles. The highest BCUT2D eigenvalue weighted by Crippen LogP contribution is 2.27. The van der Waals surface area contributed by atoms with Crippen LogP contribution in [0.1, 0.15) is 15.9 Å². The highest BCUT2D eigenvalue weighted by molar-refractivity contribution is 5.96. The van der Waals surface area contributed by atoms with Gasteiger partial charge in [-0.15, -0.1) is 0 Å². The van der Waals surface area contributed by atoms with Gasteiger partial charge in [0.05, 0.1) is 19.8 Å². The fourth-order valence-corrected chi connectivity index (χ4v) is 1.93. The van der Waals surface area contributed by atoms with Crippen molar-refractivity contribution in [2.24, 2.45) is 0 Å². The quantitative estimate of drug-likeness (QED) is 0.744. The number of fused-ring (bicyclic) bond motifs is 1. The summed E-state index contributed by atoms with van der Waals surface area (Å²) in [7, 11) is 3.03. The standard InChI is InChI=1S/C14H14O3/c1-9-12-6-4-11(14(15)17-3)8-10(12)5-7-13(9)16-2/h4-8H,1-3H3. The number of carbonyl (C=O) groups is 1. The minimum absolute atomic E-state index is 0.319. The van der Waals surface area contributed by atoms with Crippen molar-refractivity contribution in [3.8, 4) is 5.75 Å². The van der Waals surface area contributed by atoms with E-state index in [4.69, 9.17) is 9.47 Å². The van der Waals surface area contributed by atoms with Gasteiger partial charge in [-0.25, -0.2) is 4.79 Å². The molecule has 0 N–H and O–H groups in total. The molecule has 2 aromatic rings. The Morgan fingerprint density at radius 3 is 2.53 bits per heavy atom. The molecule has 0 radical (unpaired) electrons. The first-order chi connectivity index (χ1) is 8.17. The summed E-state index contributed by atoms with van der Waals surface area (Å²) in [6.07, 6.45) is 0. The number of benzene rings is 2. The molecule has 0 aliphatic heterocycles. The molecule has 0 aromatic heterocycles. The summed E-state index contributed by atoms with van der Waals surface area (Å²) < 4.78 is 9.96. The van der Waals surface area contributed by atoms with Crippen molar-refractivity contribution < 1.29 is 14.3 Å². The fourth-order valence-electron chi connectivity index (χ4n) is 1.93. The van der Waals surface area contributed by atoms with Crippen molar-refractivity contribution in [1.82, 2.24) is 0 Å². The number of methoxy groups -OCH3 is 2. The van der Waals surface area contributed by atoms with Crippen LogP contribution >= 0.6 is 0 Å². The zero-order chi connectivity index (χ0) is 12.4. The van der Waals surface area contributed by atoms with Crippen molar-refractivity contribution in [3.05, 3.63) is 41.5 Å². The number of hydrogen-bond acceptors (Lipinski definition) is 3. The van der Waals surface area contributed by atoms with Gasteiger partial charge in [-0.2, -0.15) is 0 Å².